The predicted octanol–water partition coefficient (Wildman–Crippen LogP) is 13.2. The maximum Gasteiger partial charge on any atom is 0.235 e. The van der Waals surface area contributed by atoms with Gasteiger partial charge in [0.2, 0.25) is 5.95 Å². The summed E-state index contributed by atoms with van der Waals surface area (Å²) in [6.07, 6.45) is 0. The van der Waals surface area contributed by atoms with Crippen molar-refractivity contribution in [1.29, 1.82) is 5.26 Å². The molecule has 3 aromatic heterocycles. The first kappa shape index (κ1) is 33.3. The van der Waals surface area contributed by atoms with Crippen molar-refractivity contribution < 1.29 is 0 Å². The lowest BCUT2D eigenvalue weighted by Crippen LogP contribution is -2.04. The van der Waals surface area contributed by atoms with Crippen LogP contribution in [-0.4, -0.2) is 19.1 Å². The van der Waals surface area contributed by atoms with Crippen molar-refractivity contribution in [3.63, 3.8) is 0 Å². The Balaban J connectivity index is 1.11. The molecule has 0 saturated heterocycles. The fourth-order valence-electron chi connectivity index (χ4n) is 8.41. The third kappa shape index (κ3) is 5.55. The second-order valence-corrected chi connectivity index (χ2v) is 14.6. The Hall–Kier alpha value is -8.07. The summed E-state index contributed by atoms with van der Waals surface area (Å²) in [5.74, 6) is 0.602. The quantitative estimate of drug-likeness (QED) is 0.171. The molecule has 0 aliphatic heterocycles. The van der Waals surface area contributed by atoms with Crippen molar-refractivity contribution in [2.75, 3.05) is 0 Å². The van der Waals surface area contributed by atoms with Crippen LogP contribution in [0, 0.1) is 11.3 Å². The van der Waals surface area contributed by atoms with Crippen molar-refractivity contribution in [1.82, 2.24) is 19.1 Å². The number of nitriles is 1. The highest BCUT2D eigenvalue weighted by Crippen LogP contribution is 2.39. The van der Waals surface area contributed by atoms with E-state index in [0.29, 0.717) is 11.5 Å². The predicted molar refractivity (Wildman–Crippen MR) is 237 cm³/mol. The highest BCUT2D eigenvalue weighted by Gasteiger charge is 2.19. The first-order chi connectivity index (χ1) is 28.7. The van der Waals surface area contributed by atoms with Gasteiger partial charge in [-0.1, -0.05) is 133 Å². The van der Waals surface area contributed by atoms with Crippen LogP contribution < -0.4 is 0 Å². The smallest absolute Gasteiger partial charge is 0.235 e. The van der Waals surface area contributed by atoms with Gasteiger partial charge in [0.1, 0.15) is 0 Å². The van der Waals surface area contributed by atoms with Crippen molar-refractivity contribution in [3.8, 4) is 62.5 Å². The molecule has 0 fully saturated rings. The highest BCUT2D eigenvalue weighted by molar-refractivity contribution is 6.12. The second kappa shape index (κ2) is 13.6. The van der Waals surface area contributed by atoms with Crippen molar-refractivity contribution in [2.45, 2.75) is 0 Å². The monoisotopic (exact) mass is 739 g/mol. The molecule has 0 atom stereocenters. The minimum atomic E-state index is 0.602. The number of para-hydroxylation sites is 3. The number of benzene rings is 8. The highest BCUT2D eigenvalue weighted by atomic mass is 15.2. The van der Waals surface area contributed by atoms with Crippen molar-refractivity contribution in [2.24, 2.45) is 0 Å². The molecule has 3 heterocycles. The van der Waals surface area contributed by atoms with E-state index in [2.05, 4.69) is 173 Å². The number of rotatable bonds is 6. The standard InChI is InChI=1S/C53H33N5/c54-34-35-22-24-36(25-23-35)38-14-11-15-41(30-38)48-33-47(37-12-3-1-4-13-37)55-53(56-48)58-50-21-10-7-18-43(50)45-28-26-40(32-52(45)58)39-27-29-51-46(31-39)44-19-8-9-20-49(44)57(51)42-16-5-2-6-17-42/h1-33H. The third-order valence-corrected chi connectivity index (χ3v) is 11.2. The number of hydrogen-bond acceptors (Lipinski definition) is 3. The first-order valence-corrected chi connectivity index (χ1v) is 19.4. The minimum absolute atomic E-state index is 0.602. The topological polar surface area (TPSA) is 59.4 Å². The SMILES string of the molecule is N#Cc1ccc(-c2cccc(-c3cc(-c4ccccc4)nc(-n4c5ccccc5c5ccc(-c6ccc7c(c6)c6ccccc6n7-c6ccccc6)cc54)n3)c2)cc1. The van der Waals surface area contributed by atoms with Crippen LogP contribution in [0.15, 0.2) is 200 Å². The summed E-state index contributed by atoms with van der Waals surface area (Å²) < 4.78 is 4.57. The molecule has 0 spiro atoms. The van der Waals surface area contributed by atoms with Crippen LogP contribution in [0.25, 0.3) is 100 Å². The zero-order valence-electron chi connectivity index (χ0n) is 31.3. The molecule has 270 valence electrons. The number of hydrogen-bond donors (Lipinski definition) is 0. The molecule has 0 N–H and O–H groups in total. The molecule has 11 rings (SSSR count). The Kier molecular flexibility index (Phi) is 7.80. The minimum Gasteiger partial charge on any atom is -0.309 e. The van der Waals surface area contributed by atoms with E-state index in [9.17, 15) is 5.26 Å². The van der Waals surface area contributed by atoms with Crippen LogP contribution in [0.5, 0.6) is 0 Å². The Morgan fingerprint density at radius 3 is 1.64 bits per heavy atom. The zero-order valence-corrected chi connectivity index (χ0v) is 31.3. The van der Waals surface area contributed by atoms with Crippen LogP contribution in [0.3, 0.4) is 0 Å². The van der Waals surface area contributed by atoms with E-state index in [0.717, 1.165) is 72.3 Å². The van der Waals surface area contributed by atoms with Crippen LogP contribution in [0.4, 0.5) is 0 Å². The Bertz CT molecular complexity index is 3390. The summed E-state index contributed by atoms with van der Waals surface area (Å²) in [7, 11) is 0. The lowest BCUT2D eigenvalue weighted by atomic mass is 10.00. The maximum absolute atomic E-state index is 9.36. The fraction of sp³-hybridized carbons (Fsp3) is 0. The van der Waals surface area contributed by atoms with Crippen molar-refractivity contribution in [3.05, 3.63) is 206 Å². The van der Waals surface area contributed by atoms with Gasteiger partial charge in [-0.15, -0.1) is 0 Å². The molecule has 0 radical (unpaired) electrons. The second-order valence-electron chi connectivity index (χ2n) is 14.6. The summed E-state index contributed by atoms with van der Waals surface area (Å²) in [5, 5.41) is 14.1. The Morgan fingerprint density at radius 1 is 0.345 bits per heavy atom. The summed E-state index contributed by atoms with van der Waals surface area (Å²) in [6.45, 7) is 0. The molecule has 0 bridgehead atoms. The fourth-order valence-corrected chi connectivity index (χ4v) is 8.41. The average molecular weight is 740 g/mol. The van der Waals surface area contributed by atoms with Gasteiger partial charge in [0.25, 0.3) is 0 Å². The summed E-state index contributed by atoms with van der Waals surface area (Å²) >= 11 is 0. The number of aromatic nitrogens is 4. The molecule has 0 aliphatic rings. The molecule has 58 heavy (non-hydrogen) atoms. The van der Waals surface area contributed by atoms with Gasteiger partial charge in [0.15, 0.2) is 0 Å². The van der Waals surface area contributed by atoms with Gasteiger partial charge in [0, 0.05) is 38.4 Å². The van der Waals surface area contributed by atoms with E-state index in [1.807, 2.05) is 42.5 Å². The zero-order chi connectivity index (χ0) is 38.6. The maximum atomic E-state index is 9.36. The largest absolute Gasteiger partial charge is 0.309 e. The van der Waals surface area contributed by atoms with E-state index in [1.165, 1.54) is 21.8 Å². The summed E-state index contributed by atoms with van der Waals surface area (Å²) in [4.78, 5) is 10.6. The normalized spacial score (nSPS) is 11.4. The van der Waals surface area contributed by atoms with E-state index >= 15 is 0 Å². The molecular weight excluding hydrogens is 707 g/mol. The Labute approximate surface area is 335 Å². The van der Waals surface area contributed by atoms with Crippen LogP contribution in [0.1, 0.15) is 5.56 Å². The molecule has 8 aromatic carbocycles. The average Bonchev–Trinajstić information content (AvgIpc) is 3.82. The summed E-state index contributed by atoms with van der Waals surface area (Å²) in [5.41, 5.74) is 14.2. The molecule has 0 aliphatic carbocycles. The first-order valence-electron chi connectivity index (χ1n) is 19.4. The van der Waals surface area contributed by atoms with Gasteiger partial charge < -0.3 is 4.57 Å². The van der Waals surface area contributed by atoms with Crippen LogP contribution >= 0.6 is 0 Å². The summed E-state index contributed by atoms with van der Waals surface area (Å²) in [6, 6.07) is 72.1. The number of fused-ring (bicyclic) bond motifs is 6. The molecule has 5 nitrogen and oxygen atoms in total. The van der Waals surface area contributed by atoms with Gasteiger partial charge in [-0.2, -0.15) is 5.26 Å². The van der Waals surface area contributed by atoms with E-state index in [1.54, 1.807) is 0 Å². The van der Waals surface area contributed by atoms with Gasteiger partial charge >= 0.3 is 0 Å². The van der Waals surface area contributed by atoms with E-state index in [-0.39, 0.29) is 0 Å². The van der Waals surface area contributed by atoms with Gasteiger partial charge in [-0.3, -0.25) is 4.57 Å². The Morgan fingerprint density at radius 2 is 0.879 bits per heavy atom. The number of nitrogens with zero attached hydrogens (tertiary/aromatic N) is 5. The van der Waals surface area contributed by atoms with E-state index in [4.69, 9.17) is 9.97 Å². The third-order valence-electron chi connectivity index (χ3n) is 11.2. The molecule has 0 unspecified atom stereocenters. The lowest BCUT2D eigenvalue weighted by Gasteiger charge is -2.13. The molecule has 5 heteroatoms. The van der Waals surface area contributed by atoms with Gasteiger partial charge in [-0.05, 0) is 89.0 Å². The van der Waals surface area contributed by atoms with Crippen molar-refractivity contribution >= 4 is 43.6 Å². The molecule has 0 saturated carbocycles. The molecule has 11 aromatic rings. The lowest BCUT2D eigenvalue weighted by molar-refractivity contribution is 0.996. The molecule has 0 amide bonds. The van der Waals surface area contributed by atoms with Crippen LogP contribution in [0.2, 0.25) is 0 Å². The van der Waals surface area contributed by atoms with Gasteiger partial charge in [0.05, 0.1) is 45.1 Å². The molecular formula is C53H33N5. The van der Waals surface area contributed by atoms with Crippen LogP contribution in [-0.2, 0) is 0 Å². The van der Waals surface area contributed by atoms with Gasteiger partial charge in [-0.25, -0.2) is 9.97 Å². The van der Waals surface area contributed by atoms with E-state index < -0.39 is 0 Å².